The maximum absolute atomic E-state index is 11.8. The number of hydrogen-bond acceptors (Lipinski definition) is 8. The number of anilines is 3. The zero-order valence-corrected chi connectivity index (χ0v) is 21.4. The Bertz CT molecular complexity index is 1410. The molecule has 0 bridgehead atoms. The van der Waals surface area contributed by atoms with Gasteiger partial charge in [-0.25, -0.2) is 9.97 Å². The van der Waals surface area contributed by atoms with Crippen molar-refractivity contribution in [3.05, 3.63) is 64.5 Å². The summed E-state index contributed by atoms with van der Waals surface area (Å²) in [5.74, 6) is 0.926. The Labute approximate surface area is 210 Å². The van der Waals surface area contributed by atoms with Crippen LogP contribution in [0.15, 0.2) is 48.8 Å². The minimum Gasteiger partial charge on any atom is -0.494 e. The second-order valence-corrected chi connectivity index (χ2v) is 8.88. The number of hydrogen-bond donors (Lipinski definition) is 1. The van der Waals surface area contributed by atoms with Gasteiger partial charge < -0.3 is 24.4 Å². The molecular weight excluding hydrogens is 458 g/mol. The standard InChI is InChI=1S/C26H31N7O3/c1-17-15-28-26(29-25(17)19-16-31(5)21-10-8-7-9-18(19)21)32(12-11-30(3)4)23-14-22(33(34)35)20(27-2)13-24(23)36-6/h7-10,13-16,27H,11-12H2,1-6H3. The smallest absolute Gasteiger partial charge is 0.294 e. The molecule has 2 aromatic heterocycles. The Balaban J connectivity index is 1.91. The molecule has 36 heavy (non-hydrogen) atoms. The van der Waals surface area contributed by atoms with E-state index in [4.69, 9.17) is 9.72 Å². The van der Waals surface area contributed by atoms with Crippen molar-refractivity contribution >= 4 is 33.9 Å². The van der Waals surface area contributed by atoms with Gasteiger partial charge in [-0.05, 0) is 32.6 Å². The molecule has 0 fully saturated rings. The summed E-state index contributed by atoms with van der Waals surface area (Å²) in [7, 11) is 9.15. The van der Waals surface area contributed by atoms with Gasteiger partial charge >= 0.3 is 0 Å². The SMILES string of the molecule is CNc1cc(OC)c(N(CCN(C)C)c2ncc(C)c(-c3cn(C)c4ccccc34)n2)cc1[N+](=O)[O-]. The molecule has 2 aromatic carbocycles. The van der Waals surface area contributed by atoms with E-state index in [1.807, 2.05) is 50.0 Å². The second-order valence-electron chi connectivity index (χ2n) is 8.88. The number of aromatic nitrogens is 3. The van der Waals surface area contributed by atoms with Gasteiger partial charge in [0, 0.05) is 68.2 Å². The molecule has 0 aliphatic carbocycles. The van der Waals surface area contributed by atoms with Gasteiger partial charge in [-0.1, -0.05) is 18.2 Å². The first-order valence-corrected chi connectivity index (χ1v) is 11.6. The fourth-order valence-corrected chi connectivity index (χ4v) is 4.28. The van der Waals surface area contributed by atoms with Crippen molar-refractivity contribution in [3.63, 3.8) is 0 Å². The van der Waals surface area contributed by atoms with Crippen LogP contribution in [-0.4, -0.2) is 65.7 Å². The lowest BCUT2D eigenvalue weighted by molar-refractivity contribution is -0.383. The average Bonchev–Trinajstić information content (AvgIpc) is 3.20. The van der Waals surface area contributed by atoms with E-state index in [2.05, 4.69) is 33.2 Å². The van der Waals surface area contributed by atoms with Crippen molar-refractivity contribution in [2.75, 3.05) is 51.6 Å². The lowest BCUT2D eigenvalue weighted by Crippen LogP contribution is -2.30. The highest BCUT2D eigenvalue weighted by molar-refractivity contribution is 5.96. The van der Waals surface area contributed by atoms with Crippen LogP contribution in [0.25, 0.3) is 22.2 Å². The van der Waals surface area contributed by atoms with Gasteiger partial charge in [-0.3, -0.25) is 10.1 Å². The third kappa shape index (κ3) is 4.67. The van der Waals surface area contributed by atoms with Crippen LogP contribution in [0.5, 0.6) is 5.75 Å². The summed E-state index contributed by atoms with van der Waals surface area (Å²) >= 11 is 0. The number of methoxy groups -OCH3 is 1. The van der Waals surface area contributed by atoms with Gasteiger partial charge in [0.15, 0.2) is 0 Å². The molecule has 188 valence electrons. The number of likely N-dealkylation sites (N-methyl/N-ethyl adjacent to an activating group) is 1. The molecule has 0 saturated heterocycles. The van der Waals surface area contributed by atoms with E-state index in [0.29, 0.717) is 36.2 Å². The highest BCUT2D eigenvalue weighted by atomic mass is 16.6. The van der Waals surface area contributed by atoms with Crippen LogP contribution in [0.2, 0.25) is 0 Å². The van der Waals surface area contributed by atoms with Gasteiger partial charge in [0.05, 0.1) is 23.4 Å². The predicted molar refractivity (Wildman–Crippen MR) is 143 cm³/mol. The number of fused-ring (bicyclic) bond motifs is 1. The Morgan fingerprint density at radius 1 is 1.19 bits per heavy atom. The van der Waals surface area contributed by atoms with Crippen LogP contribution in [0.1, 0.15) is 5.56 Å². The van der Waals surface area contributed by atoms with Gasteiger partial charge in [0.2, 0.25) is 5.95 Å². The van der Waals surface area contributed by atoms with Crippen molar-refractivity contribution in [2.24, 2.45) is 7.05 Å². The lowest BCUT2D eigenvalue weighted by Gasteiger charge is -2.27. The number of nitro groups is 1. The molecule has 0 spiro atoms. The number of rotatable bonds is 9. The summed E-state index contributed by atoms with van der Waals surface area (Å²) < 4.78 is 7.74. The number of aryl methyl sites for hydroxylation is 2. The number of benzene rings is 2. The van der Waals surface area contributed by atoms with E-state index >= 15 is 0 Å². The lowest BCUT2D eigenvalue weighted by atomic mass is 10.1. The normalized spacial score (nSPS) is 11.2. The van der Waals surface area contributed by atoms with Gasteiger partial charge in [-0.2, -0.15) is 0 Å². The van der Waals surface area contributed by atoms with Crippen LogP contribution in [-0.2, 0) is 7.05 Å². The Hall–Kier alpha value is -4.18. The van der Waals surface area contributed by atoms with Crippen LogP contribution in [0.3, 0.4) is 0 Å². The molecule has 0 aliphatic heterocycles. The Kier molecular flexibility index (Phi) is 7.07. The molecule has 0 amide bonds. The summed E-state index contributed by atoms with van der Waals surface area (Å²) in [5, 5.41) is 15.8. The molecule has 2 heterocycles. The summed E-state index contributed by atoms with van der Waals surface area (Å²) in [5.41, 5.74) is 4.71. The molecule has 10 nitrogen and oxygen atoms in total. The topological polar surface area (TPSA) is 102 Å². The summed E-state index contributed by atoms with van der Waals surface area (Å²) in [6, 6.07) is 11.3. The first kappa shape index (κ1) is 24.9. The number of nitrogens with one attached hydrogen (secondary N) is 1. The summed E-state index contributed by atoms with van der Waals surface area (Å²) in [4.78, 5) is 25.0. The first-order valence-electron chi connectivity index (χ1n) is 11.6. The molecular formula is C26H31N7O3. The van der Waals surface area contributed by atoms with E-state index in [1.54, 1.807) is 26.4 Å². The highest BCUT2D eigenvalue weighted by Crippen LogP contribution is 2.41. The second kappa shape index (κ2) is 10.2. The summed E-state index contributed by atoms with van der Waals surface area (Å²) in [6.07, 6.45) is 3.87. The fraction of sp³-hybridized carbons (Fsp3) is 0.308. The number of nitro benzene ring substituents is 1. The minimum atomic E-state index is -0.406. The molecule has 4 rings (SSSR count). The van der Waals surface area contributed by atoms with Crippen molar-refractivity contribution < 1.29 is 9.66 Å². The first-order chi connectivity index (χ1) is 17.2. The highest BCUT2D eigenvalue weighted by Gasteiger charge is 2.25. The molecule has 0 atom stereocenters. The van der Waals surface area contributed by atoms with Crippen molar-refractivity contribution in [2.45, 2.75) is 6.92 Å². The molecule has 4 aromatic rings. The molecule has 0 aliphatic rings. The quantitative estimate of drug-likeness (QED) is 0.269. The number of nitrogens with zero attached hydrogens (tertiary/aromatic N) is 6. The van der Waals surface area contributed by atoms with Crippen molar-refractivity contribution in [1.82, 2.24) is 19.4 Å². The number of para-hydroxylation sites is 1. The largest absolute Gasteiger partial charge is 0.494 e. The van der Waals surface area contributed by atoms with E-state index in [9.17, 15) is 10.1 Å². The van der Waals surface area contributed by atoms with Crippen molar-refractivity contribution in [1.29, 1.82) is 0 Å². The Morgan fingerprint density at radius 3 is 2.61 bits per heavy atom. The average molecular weight is 490 g/mol. The fourth-order valence-electron chi connectivity index (χ4n) is 4.28. The maximum Gasteiger partial charge on any atom is 0.294 e. The number of ether oxygens (including phenoxy) is 1. The van der Waals surface area contributed by atoms with Crippen LogP contribution < -0.4 is 15.0 Å². The molecule has 10 heteroatoms. The van der Waals surface area contributed by atoms with Crippen LogP contribution >= 0.6 is 0 Å². The van der Waals surface area contributed by atoms with Crippen LogP contribution in [0.4, 0.5) is 23.0 Å². The zero-order valence-electron chi connectivity index (χ0n) is 21.4. The van der Waals surface area contributed by atoms with E-state index in [0.717, 1.165) is 27.7 Å². The zero-order chi connectivity index (χ0) is 26.0. The monoisotopic (exact) mass is 489 g/mol. The van der Waals surface area contributed by atoms with E-state index < -0.39 is 4.92 Å². The third-order valence-electron chi connectivity index (χ3n) is 6.18. The van der Waals surface area contributed by atoms with Crippen molar-refractivity contribution in [3.8, 4) is 17.0 Å². The molecule has 0 saturated carbocycles. The molecule has 1 N–H and O–H groups in total. The van der Waals surface area contributed by atoms with E-state index in [-0.39, 0.29) is 5.69 Å². The molecule has 0 unspecified atom stereocenters. The Morgan fingerprint density at radius 2 is 1.94 bits per heavy atom. The van der Waals surface area contributed by atoms with E-state index in [1.165, 1.54) is 6.07 Å². The third-order valence-corrected chi connectivity index (χ3v) is 6.18. The predicted octanol–water partition coefficient (Wildman–Crippen LogP) is 4.60. The molecule has 0 radical (unpaired) electrons. The maximum atomic E-state index is 11.8. The summed E-state index contributed by atoms with van der Waals surface area (Å²) in [6.45, 7) is 3.15. The van der Waals surface area contributed by atoms with Gasteiger partial charge in [0.25, 0.3) is 5.69 Å². The minimum absolute atomic E-state index is 0.0514. The van der Waals surface area contributed by atoms with Gasteiger partial charge in [-0.15, -0.1) is 0 Å². The van der Waals surface area contributed by atoms with Gasteiger partial charge in [0.1, 0.15) is 11.4 Å². The van der Waals surface area contributed by atoms with Crippen LogP contribution in [0, 0.1) is 17.0 Å².